The van der Waals surface area contributed by atoms with Crippen molar-refractivity contribution in [2.45, 2.75) is 51.0 Å². The van der Waals surface area contributed by atoms with Crippen LogP contribution in [0.1, 0.15) is 65.5 Å². The van der Waals surface area contributed by atoms with Crippen molar-refractivity contribution in [3.63, 3.8) is 0 Å². The van der Waals surface area contributed by atoms with Crippen LogP contribution in [-0.4, -0.2) is 56.6 Å². The number of ether oxygens (including phenoxy) is 2. The molecule has 0 unspecified atom stereocenters. The second-order valence-electron chi connectivity index (χ2n) is 15.5. The number of hydrogen-bond acceptors (Lipinski definition) is 5. The van der Waals surface area contributed by atoms with Gasteiger partial charge in [0.25, 0.3) is 0 Å². The quantitative estimate of drug-likeness (QED) is 0.0932. The van der Waals surface area contributed by atoms with Crippen molar-refractivity contribution >= 4 is 52.2 Å². The maximum atomic E-state index is 12.8. The topological polar surface area (TPSA) is 50.8 Å². The zero-order chi connectivity index (χ0) is 43.1. The van der Waals surface area contributed by atoms with Gasteiger partial charge >= 0.3 is 0 Å². The summed E-state index contributed by atoms with van der Waals surface area (Å²) >= 11 is 24.2. The molecule has 0 aliphatic heterocycles. The fraction of sp³-hybridized carbons (Fsp3) is 0.275. The number of benzene rings is 6. The van der Waals surface area contributed by atoms with E-state index in [1.165, 1.54) is 27.8 Å². The molecule has 0 spiro atoms. The molecule has 0 radical (unpaired) electrons. The molecule has 0 aliphatic rings. The maximum absolute atomic E-state index is 12.8. The average molecular weight is 885 g/mol. The van der Waals surface area contributed by atoms with Crippen LogP contribution in [0.4, 0.5) is 0 Å². The van der Waals surface area contributed by atoms with E-state index in [0.29, 0.717) is 17.4 Å². The summed E-state index contributed by atoms with van der Waals surface area (Å²) < 4.78 is 11.7. The molecule has 6 aromatic rings. The van der Waals surface area contributed by atoms with Gasteiger partial charge in [-0.3, -0.25) is 4.79 Å². The lowest BCUT2D eigenvalue weighted by atomic mass is 9.91. The number of hydrogen-bond donors (Lipinski definition) is 1. The van der Waals surface area contributed by atoms with Crippen molar-refractivity contribution in [3.05, 3.63) is 199 Å². The molecular weight excluding hydrogens is 830 g/mol. The molecule has 6 rings (SSSR count). The van der Waals surface area contributed by atoms with Gasteiger partial charge in [0.1, 0.15) is 11.5 Å². The van der Waals surface area contributed by atoms with Gasteiger partial charge in [-0.1, -0.05) is 125 Å². The first-order chi connectivity index (χ1) is 28.8. The Morgan fingerprint density at radius 2 is 1.03 bits per heavy atom. The Morgan fingerprint density at radius 1 is 0.617 bits per heavy atom. The number of nitrogens with zero attached hydrogens (tertiary/aromatic N) is 1. The smallest absolute Gasteiger partial charge is 0.212 e. The van der Waals surface area contributed by atoms with Crippen LogP contribution in [0.5, 0.6) is 11.5 Å². The molecule has 0 bridgehead atoms. The van der Waals surface area contributed by atoms with Crippen molar-refractivity contribution in [1.29, 1.82) is 0 Å². The van der Waals surface area contributed by atoms with E-state index in [0.717, 1.165) is 58.1 Å². The summed E-state index contributed by atoms with van der Waals surface area (Å²) in [4.78, 5) is 15.2. The number of halogens is 4. The van der Waals surface area contributed by atoms with Gasteiger partial charge in [0, 0.05) is 45.0 Å². The van der Waals surface area contributed by atoms with E-state index in [2.05, 4.69) is 77.9 Å². The number of carbonyl (C=O) groups is 1. The monoisotopic (exact) mass is 882 g/mol. The van der Waals surface area contributed by atoms with Crippen molar-refractivity contribution in [1.82, 2.24) is 10.2 Å². The van der Waals surface area contributed by atoms with Gasteiger partial charge in [-0.25, -0.2) is 0 Å². The molecule has 314 valence electrons. The van der Waals surface area contributed by atoms with Crippen LogP contribution in [0.15, 0.2) is 146 Å². The Bertz CT molecular complexity index is 2100. The zero-order valence-corrected chi connectivity index (χ0v) is 38.0. The lowest BCUT2D eigenvalue weighted by Gasteiger charge is -2.25. The highest BCUT2D eigenvalue weighted by Crippen LogP contribution is 2.29. The molecule has 6 aromatic carbocycles. The highest BCUT2D eigenvalue weighted by atomic mass is 35.5. The lowest BCUT2D eigenvalue weighted by Crippen LogP contribution is -2.41. The molecule has 0 amide bonds. The Labute approximate surface area is 376 Å². The number of aryl methyl sites for hydroxylation is 2. The third-order valence-electron chi connectivity index (χ3n) is 10.4. The van der Waals surface area contributed by atoms with Crippen LogP contribution < -0.4 is 14.8 Å². The molecule has 9 heteroatoms. The van der Waals surface area contributed by atoms with Crippen LogP contribution in [0.25, 0.3) is 0 Å². The Morgan fingerprint density at radius 3 is 1.47 bits per heavy atom. The third-order valence-corrected chi connectivity index (χ3v) is 11.4. The summed E-state index contributed by atoms with van der Waals surface area (Å²) in [6, 6.07) is 47.8. The molecule has 0 saturated heterocycles. The first-order valence-electron chi connectivity index (χ1n) is 20.2. The van der Waals surface area contributed by atoms with E-state index in [-0.39, 0.29) is 18.3 Å². The Balaban J connectivity index is 0.000000315. The van der Waals surface area contributed by atoms with Gasteiger partial charge in [-0.15, -0.1) is 0 Å². The van der Waals surface area contributed by atoms with E-state index in [4.69, 9.17) is 55.9 Å². The standard InChI is InChI=1S/C36H39Cl2NO3.C15H15Cl2N/c1-26-7-19-32(20-8-26)41-25-35(40)36(2,3)42-33-21-9-27(10-22-33)6-5-23-39(4)24-34(28-11-15-30(37)16-12-28)29-13-17-31(38)18-14-29;1-18-10-15(11-2-6-13(16)7-3-11)12-4-8-14(17)9-5-12/h7-22,34H,5-6,23-25H2,1-4H3;2-9,15,18H,10H2,1H3. The van der Waals surface area contributed by atoms with Crippen LogP contribution in [0.3, 0.4) is 0 Å². The average Bonchev–Trinajstić information content (AvgIpc) is 3.24. The van der Waals surface area contributed by atoms with Crippen LogP contribution in [0, 0.1) is 6.92 Å². The fourth-order valence-corrected chi connectivity index (χ4v) is 7.31. The van der Waals surface area contributed by atoms with Gasteiger partial charge in [-0.05, 0) is 155 Å². The second kappa shape index (κ2) is 23.0. The van der Waals surface area contributed by atoms with Gasteiger partial charge < -0.3 is 19.7 Å². The van der Waals surface area contributed by atoms with Gasteiger partial charge in [0.15, 0.2) is 12.2 Å². The van der Waals surface area contributed by atoms with Gasteiger partial charge in [0.2, 0.25) is 5.78 Å². The Kier molecular flexibility index (Phi) is 17.9. The lowest BCUT2D eigenvalue weighted by molar-refractivity contribution is -0.134. The van der Waals surface area contributed by atoms with Crippen LogP contribution >= 0.6 is 46.4 Å². The molecule has 0 atom stereocenters. The molecule has 0 aliphatic carbocycles. The van der Waals surface area contributed by atoms with Crippen molar-refractivity contribution in [3.8, 4) is 11.5 Å². The maximum Gasteiger partial charge on any atom is 0.212 e. The minimum atomic E-state index is -1.00. The SMILES string of the molecule is CNCC(c1ccc(Cl)cc1)c1ccc(Cl)cc1.Cc1ccc(OCC(=O)C(C)(C)Oc2ccc(CCCN(C)CC(c3ccc(Cl)cc3)c3ccc(Cl)cc3)cc2)cc1. The number of carbonyl (C=O) groups excluding carboxylic acids is 1. The van der Waals surface area contributed by atoms with Gasteiger partial charge in [0.05, 0.1) is 0 Å². The molecule has 0 heterocycles. The number of rotatable bonds is 18. The van der Waals surface area contributed by atoms with E-state index < -0.39 is 5.60 Å². The number of Topliss-reactive ketones (excluding diaryl/α,β-unsaturated/α-hetero) is 1. The largest absolute Gasteiger partial charge is 0.486 e. The van der Waals surface area contributed by atoms with Crippen LogP contribution in [-0.2, 0) is 11.2 Å². The number of likely N-dealkylation sites (N-methyl/N-ethyl adjacent to an activating group) is 2. The van der Waals surface area contributed by atoms with E-state index in [9.17, 15) is 4.79 Å². The Hall–Kier alpha value is -4.33. The molecular formula is C51H54Cl4N2O3. The first kappa shape index (κ1) is 46.7. The van der Waals surface area contributed by atoms with Crippen molar-refractivity contribution in [2.24, 2.45) is 0 Å². The summed E-state index contributed by atoms with van der Waals surface area (Å²) in [5, 5.41) is 6.23. The molecule has 0 aromatic heterocycles. The molecule has 0 saturated carbocycles. The molecule has 60 heavy (non-hydrogen) atoms. The fourth-order valence-electron chi connectivity index (χ4n) is 6.80. The normalized spacial score (nSPS) is 11.4. The molecule has 1 N–H and O–H groups in total. The summed E-state index contributed by atoms with van der Waals surface area (Å²) in [5.41, 5.74) is 6.32. The van der Waals surface area contributed by atoms with E-state index >= 15 is 0 Å². The third kappa shape index (κ3) is 14.7. The minimum Gasteiger partial charge on any atom is -0.486 e. The van der Waals surface area contributed by atoms with E-state index in [1.807, 2.05) is 98.9 Å². The van der Waals surface area contributed by atoms with Crippen molar-refractivity contribution < 1.29 is 14.3 Å². The summed E-state index contributed by atoms with van der Waals surface area (Å²) in [7, 11) is 4.12. The van der Waals surface area contributed by atoms with Crippen LogP contribution in [0.2, 0.25) is 20.1 Å². The number of ketones is 1. The highest BCUT2D eigenvalue weighted by molar-refractivity contribution is 6.31. The predicted octanol–water partition coefficient (Wildman–Crippen LogP) is 13.1. The summed E-state index contributed by atoms with van der Waals surface area (Å²) in [6.45, 7) is 8.24. The molecule has 0 fully saturated rings. The second-order valence-corrected chi connectivity index (χ2v) is 17.3. The number of nitrogens with one attached hydrogen (secondary N) is 1. The predicted molar refractivity (Wildman–Crippen MR) is 252 cm³/mol. The van der Waals surface area contributed by atoms with Gasteiger partial charge in [-0.2, -0.15) is 0 Å². The summed E-state index contributed by atoms with van der Waals surface area (Å²) in [6.07, 6.45) is 1.97. The first-order valence-corrected chi connectivity index (χ1v) is 21.7. The summed E-state index contributed by atoms with van der Waals surface area (Å²) in [5.74, 6) is 1.74. The molecule has 5 nitrogen and oxygen atoms in total. The zero-order valence-electron chi connectivity index (χ0n) is 34.9. The van der Waals surface area contributed by atoms with Crippen molar-refractivity contribution in [2.75, 3.05) is 40.3 Å². The van der Waals surface area contributed by atoms with E-state index in [1.54, 1.807) is 13.8 Å². The minimum absolute atomic E-state index is 0.0431. The highest BCUT2D eigenvalue weighted by Gasteiger charge is 2.30.